The van der Waals surface area contributed by atoms with Gasteiger partial charge in [0.2, 0.25) is 0 Å². The van der Waals surface area contributed by atoms with E-state index in [1.165, 1.54) is 11.1 Å². The zero-order valence-corrected chi connectivity index (χ0v) is 23.1. The van der Waals surface area contributed by atoms with E-state index >= 15 is 0 Å². The number of aliphatic hydroxyl groups is 1. The van der Waals surface area contributed by atoms with E-state index in [1.807, 2.05) is 24.3 Å². The van der Waals surface area contributed by atoms with Crippen molar-refractivity contribution in [1.82, 2.24) is 4.90 Å². The van der Waals surface area contributed by atoms with E-state index in [0.29, 0.717) is 19.1 Å². The van der Waals surface area contributed by atoms with Crippen LogP contribution in [0.2, 0.25) is 0 Å². The standard InChI is InChI=1S/C33H45NO3/c1-5-30(36-23-27-13-8-6-9-14-27)26(3)19-18-25(2)21-29-22-34-20-12-17-31(34)33(4,32(29)35)37-24-28-15-10-7-11-16-28/h6-11,13-16,19,21,25,30-32,35H,5,12,17-18,20,22-24H2,1-4H3/b26-19+,29-21+/t25-,30+,31+,32-,33-/m1/s1. The van der Waals surface area contributed by atoms with Crippen LogP contribution in [0.4, 0.5) is 0 Å². The highest BCUT2D eigenvalue weighted by molar-refractivity contribution is 5.25. The summed E-state index contributed by atoms with van der Waals surface area (Å²) in [4.78, 5) is 2.52. The maximum atomic E-state index is 11.6. The molecule has 5 atom stereocenters. The summed E-state index contributed by atoms with van der Waals surface area (Å²) < 4.78 is 12.8. The second-order valence-corrected chi connectivity index (χ2v) is 11.1. The molecule has 4 nitrogen and oxygen atoms in total. The quantitative estimate of drug-likeness (QED) is 0.347. The van der Waals surface area contributed by atoms with Crippen LogP contribution in [0.3, 0.4) is 0 Å². The van der Waals surface area contributed by atoms with Crippen molar-refractivity contribution in [3.8, 4) is 0 Å². The third-order valence-corrected chi connectivity index (χ3v) is 8.18. The van der Waals surface area contributed by atoms with Crippen molar-refractivity contribution in [3.63, 3.8) is 0 Å². The fourth-order valence-electron chi connectivity index (χ4n) is 5.95. The number of aliphatic hydroxyl groups excluding tert-OH is 1. The zero-order chi connectivity index (χ0) is 26.3. The number of benzene rings is 2. The molecule has 1 N–H and O–H groups in total. The summed E-state index contributed by atoms with van der Waals surface area (Å²) in [5.41, 5.74) is 4.12. The maximum Gasteiger partial charge on any atom is 0.111 e. The lowest BCUT2D eigenvalue weighted by molar-refractivity contribution is -0.158. The first kappa shape index (κ1) is 27.8. The van der Waals surface area contributed by atoms with Crippen molar-refractivity contribution >= 4 is 0 Å². The van der Waals surface area contributed by atoms with Crippen LogP contribution in [0.25, 0.3) is 0 Å². The van der Waals surface area contributed by atoms with Crippen molar-refractivity contribution in [2.75, 3.05) is 13.1 Å². The summed E-state index contributed by atoms with van der Waals surface area (Å²) in [5.74, 6) is 0.323. The molecule has 2 aromatic carbocycles. The molecule has 0 spiro atoms. The highest BCUT2D eigenvalue weighted by atomic mass is 16.5. The van der Waals surface area contributed by atoms with Gasteiger partial charge in [0.05, 0.1) is 19.3 Å². The number of rotatable bonds is 11. The number of hydrogen-bond acceptors (Lipinski definition) is 4. The molecular weight excluding hydrogens is 458 g/mol. The Balaban J connectivity index is 1.40. The van der Waals surface area contributed by atoms with Crippen LogP contribution in [0.1, 0.15) is 64.5 Å². The molecular formula is C33H45NO3. The predicted octanol–water partition coefficient (Wildman–Crippen LogP) is 6.70. The molecule has 37 heavy (non-hydrogen) atoms. The topological polar surface area (TPSA) is 41.9 Å². The lowest BCUT2D eigenvalue weighted by Crippen LogP contribution is -2.62. The Hall–Kier alpha value is -2.24. The lowest BCUT2D eigenvalue weighted by atomic mass is 9.79. The summed E-state index contributed by atoms with van der Waals surface area (Å²) in [6, 6.07) is 20.9. The Morgan fingerprint density at radius 2 is 1.73 bits per heavy atom. The molecule has 4 rings (SSSR count). The molecule has 0 amide bonds. The third-order valence-electron chi connectivity index (χ3n) is 8.18. The zero-order valence-electron chi connectivity index (χ0n) is 23.1. The summed E-state index contributed by atoms with van der Waals surface area (Å²) in [6.45, 7) is 11.8. The number of fused-ring (bicyclic) bond motifs is 1. The van der Waals surface area contributed by atoms with Gasteiger partial charge in [0, 0.05) is 12.6 Å². The molecule has 2 aromatic rings. The maximum absolute atomic E-state index is 11.6. The van der Waals surface area contributed by atoms with Crippen molar-refractivity contribution in [2.24, 2.45) is 5.92 Å². The smallest absolute Gasteiger partial charge is 0.111 e. The fraction of sp³-hybridized carbons (Fsp3) is 0.515. The molecule has 2 aliphatic heterocycles. The Morgan fingerprint density at radius 1 is 1.08 bits per heavy atom. The summed E-state index contributed by atoms with van der Waals surface area (Å²) in [7, 11) is 0. The van der Waals surface area contributed by atoms with E-state index in [9.17, 15) is 5.11 Å². The van der Waals surface area contributed by atoms with E-state index in [1.54, 1.807) is 0 Å². The van der Waals surface area contributed by atoms with Crippen molar-refractivity contribution < 1.29 is 14.6 Å². The Kier molecular flexibility index (Phi) is 9.77. The van der Waals surface area contributed by atoms with Gasteiger partial charge in [-0.15, -0.1) is 0 Å². The third kappa shape index (κ3) is 7.00. The van der Waals surface area contributed by atoms with Crippen molar-refractivity contribution in [2.45, 2.75) is 90.4 Å². The fourth-order valence-corrected chi connectivity index (χ4v) is 5.95. The number of allylic oxidation sites excluding steroid dienone is 2. The van der Waals surface area contributed by atoms with Crippen LogP contribution in [0.15, 0.2) is 84.0 Å². The minimum atomic E-state index is -0.611. The molecule has 0 aliphatic carbocycles. The lowest BCUT2D eigenvalue weighted by Gasteiger charge is -2.49. The van der Waals surface area contributed by atoms with Gasteiger partial charge >= 0.3 is 0 Å². The van der Waals surface area contributed by atoms with Crippen LogP contribution in [-0.2, 0) is 22.7 Å². The molecule has 2 saturated heterocycles. The van der Waals surface area contributed by atoms with Crippen LogP contribution in [0, 0.1) is 5.92 Å². The van der Waals surface area contributed by atoms with E-state index in [2.05, 4.69) is 81.1 Å². The van der Waals surface area contributed by atoms with Gasteiger partial charge in [0.1, 0.15) is 11.7 Å². The molecule has 2 heterocycles. The first-order chi connectivity index (χ1) is 17.9. The van der Waals surface area contributed by atoms with Gasteiger partial charge in [-0.1, -0.05) is 86.7 Å². The van der Waals surface area contributed by atoms with Gasteiger partial charge < -0.3 is 14.6 Å². The van der Waals surface area contributed by atoms with E-state index < -0.39 is 11.7 Å². The highest BCUT2D eigenvalue weighted by Gasteiger charge is 2.51. The molecule has 0 saturated carbocycles. The van der Waals surface area contributed by atoms with E-state index in [-0.39, 0.29) is 12.1 Å². The largest absolute Gasteiger partial charge is 0.386 e. The summed E-state index contributed by atoms with van der Waals surface area (Å²) in [5, 5.41) is 11.6. The Morgan fingerprint density at radius 3 is 2.38 bits per heavy atom. The van der Waals surface area contributed by atoms with Gasteiger partial charge in [-0.05, 0) is 74.3 Å². The summed E-state index contributed by atoms with van der Waals surface area (Å²) >= 11 is 0. The van der Waals surface area contributed by atoms with E-state index in [0.717, 1.165) is 49.9 Å². The van der Waals surface area contributed by atoms with Crippen molar-refractivity contribution in [1.29, 1.82) is 0 Å². The second-order valence-electron chi connectivity index (χ2n) is 11.1. The van der Waals surface area contributed by atoms with Crippen LogP contribution < -0.4 is 0 Å². The highest BCUT2D eigenvalue weighted by Crippen LogP contribution is 2.40. The number of piperidine rings is 1. The average molecular weight is 504 g/mol. The first-order valence-electron chi connectivity index (χ1n) is 14.0. The monoisotopic (exact) mass is 503 g/mol. The van der Waals surface area contributed by atoms with Crippen LogP contribution in [0.5, 0.6) is 0 Å². The number of hydrogen-bond donors (Lipinski definition) is 1. The Bertz CT molecular complexity index is 1030. The molecule has 2 fully saturated rings. The Labute approximate surface area is 224 Å². The van der Waals surface area contributed by atoms with Gasteiger partial charge in [-0.2, -0.15) is 0 Å². The molecule has 200 valence electrons. The molecule has 0 radical (unpaired) electrons. The van der Waals surface area contributed by atoms with E-state index in [4.69, 9.17) is 9.47 Å². The number of nitrogens with zero attached hydrogens (tertiary/aromatic N) is 1. The van der Waals surface area contributed by atoms with Gasteiger partial charge in [0.15, 0.2) is 0 Å². The second kappa shape index (κ2) is 13.0. The minimum Gasteiger partial charge on any atom is -0.386 e. The minimum absolute atomic E-state index is 0.125. The SMILES string of the molecule is CC[C@H](OCc1ccccc1)/C(C)=C/C[C@@H](C)/C=C1\CN2CCC[C@H]2[C@@](C)(OCc2ccccc2)[C@@H]1O. The van der Waals surface area contributed by atoms with Crippen LogP contribution in [-0.4, -0.2) is 46.9 Å². The predicted molar refractivity (Wildman–Crippen MR) is 151 cm³/mol. The van der Waals surface area contributed by atoms with Crippen LogP contribution >= 0.6 is 0 Å². The van der Waals surface area contributed by atoms with Gasteiger partial charge in [-0.3, -0.25) is 4.90 Å². The summed E-state index contributed by atoms with van der Waals surface area (Å²) in [6.07, 6.45) is 8.26. The first-order valence-corrected chi connectivity index (χ1v) is 14.0. The molecule has 2 aliphatic rings. The molecule has 0 aromatic heterocycles. The van der Waals surface area contributed by atoms with Gasteiger partial charge in [0.25, 0.3) is 0 Å². The number of ether oxygens (including phenoxy) is 2. The molecule has 4 heteroatoms. The normalized spacial score (nSPS) is 27.3. The molecule has 0 bridgehead atoms. The molecule has 0 unspecified atom stereocenters. The van der Waals surface area contributed by atoms with Gasteiger partial charge in [-0.25, -0.2) is 0 Å². The average Bonchev–Trinajstić information content (AvgIpc) is 3.40. The van der Waals surface area contributed by atoms with Crippen molar-refractivity contribution in [3.05, 3.63) is 95.1 Å².